The van der Waals surface area contributed by atoms with Gasteiger partial charge in [-0.15, -0.1) is 0 Å². The van der Waals surface area contributed by atoms with Crippen molar-refractivity contribution in [2.75, 3.05) is 31.1 Å². The lowest BCUT2D eigenvalue weighted by Gasteiger charge is -2.35. The second kappa shape index (κ2) is 7.10. The normalized spacial score (nSPS) is 14.4. The number of benzene rings is 1. The third-order valence-electron chi connectivity index (χ3n) is 4.46. The first-order valence-corrected chi connectivity index (χ1v) is 8.41. The van der Waals surface area contributed by atoms with Gasteiger partial charge in [0.1, 0.15) is 35.9 Å². The molecule has 0 aliphatic carbocycles. The second-order valence-corrected chi connectivity index (χ2v) is 6.11. The van der Waals surface area contributed by atoms with E-state index in [0.29, 0.717) is 32.0 Å². The maximum Gasteiger partial charge on any atom is 0.256 e. The molecule has 3 aromatic rings. The van der Waals surface area contributed by atoms with Crippen molar-refractivity contribution in [1.82, 2.24) is 24.4 Å². The predicted molar refractivity (Wildman–Crippen MR) is 93.6 cm³/mol. The average molecular weight is 370 g/mol. The summed E-state index contributed by atoms with van der Waals surface area (Å²) in [6.07, 6.45) is 6.59. The number of carbonyl (C=O) groups is 1. The van der Waals surface area contributed by atoms with Crippen molar-refractivity contribution < 1.29 is 13.6 Å². The molecule has 1 aliphatic heterocycles. The molecule has 1 aromatic carbocycles. The minimum Gasteiger partial charge on any atom is -0.353 e. The zero-order valence-electron chi connectivity index (χ0n) is 14.3. The van der Waals surface area contributed by atoms with E-state index in [-0.39, 0.29) is 5.56 Å². The fourth-order valence-corrected chi connectivity index (χ4v) is 3.02. The summed E-state index contributed by atoms with van der Waals surface area (Å²) in [5.74, 6) is -0.540. The third-order valence-corrected chi connectivity index (χ3v) is 4.46. The molecule has 0 bridgehead atoms. The molecule has 1 saturated heterocycles. The minimum atomic E-state index is -0.844. The zero-order chi connectivity index (χ0) is 18.8. The van der Waals surface area contributed by atoms with Crippen LogP contribution in [-0.2, 0) is 0 Å². The van der Waals surface area contributed by atoms with Crippen LogP contribution in [-0.4, -0.2) is 56.5 Å². The summed E-state index contributed by atoms with van der Waals surface area (Å²) in [5, 5.41) is 0. The Morgan fingerprint density at radius 3 is 2.48 bits per heavy atom. The number of carbonyl (C=O) groups excluding carboxylic acids is 1. The van der Waals surface area contributed by atoms with Crippen molar-refractivity contribution in [3.63, 3.8) is 0 Å². The SMILES string of the molecule is O=C(c1ccc(F)cc1F)N1CCN(c2cc(-n3ccnc3)ncn2)CC1. The quantitative estimate of drug-likeness (QED) is 0.705. The number of hydrogen-bond acceptors (Lipinski definition) is 5. The van der Waals surface area contributed by atoms with Gasteiger partial charge >= 0.3 is 0 Å². The van der Waals surface area contributed by atoms with Gasteiger partial charge in [-0.1, -0.05) is 0 Å². The van der Waals surface area contributed by atoms with Gasteiger partial charge in [0.25, 0.3) is 5.91 Å². The summed E-state index contributed by atoms with van der Waals surface area (Å²) in [5.41, 5.74) is -0.116. The van der Waals surface area contributed by atoms with Crippen LogP contribution >= 0.6 is 0 Å². The van der Waals surface area contributed by atoms with Gasteiger partial charge in [-0.25, -0.2) is 23.7 Å². The Bertz CT molecular complexity index is 954. The standard InChI is InChI=1S/C18H16F2N6O/c19-13-1-2-14(15(20)9-13)18(27)25-7-5-24(6-8-25)16-10-17(23-11-22-16)26-4-3-21-12-26/h1-4,9-12H,5-8H2. The fraction of sp³-hybridized carbons (Fsp3) is 0.222. The minimum absolute atomic E-state index is 0.116. The summed E-state index contributed by atoms with van der Waals surface area (Å²) in [6, 6.07) is 4.84. The number of hydrogen-bond donors (Lipinski definition) is 0. The molecular weight excluding hydrogens is 354 g/mol. The van der Waals surface area contributed by atoms with Crippen molar-refractivity contribution >= 4 is 11.7 Å². The average Bonchev–Trinajstić information content (AvgIpc) is 3.23. The number of anilines is 1. The number of imidazole rings is 1. The van der Waals surface area contributed by atoms with Crippen molar-refractivity contribution in [1.29, 1.82) is 0 Å². The highest BCUT2D eigenvalue weighted by Gasteiger charge is 2.25. The Morgan fingerprint density at radius 2 is 1.78 bits per heavy atom. The maximum atomic E-state index is 13.9. The van der Waals surface area contributed by atoms with E-state index in [0.717, 1.165) is 18.0 Å². The molecule has 3 heterocycles. The van der Waals surface area contributed by atoms with E-state index in [4.69, 9.17) is 0 Å². The van der Waals surface area contributed by atoms with Crippen LogP contribution in [0, 0.1) is 11.6 Å². The molecule has 0 radical (unpaired) electrons. The summed E-state index contributed by atoms with van der Waals surface area (Å²) in [6.45, 7) is 1.93. The summed E-state index contributed by atoms with van der Waals surface area (Å²) >= 11 is 0. The Labute approximate surface area is 153 Å². The Balaban J connectivity index is 1.45. The lowest BCUT2D eigenvalue weighted by molar-refractivity contribution is 0.0741. The molecular formula is C18H16F2N6O. The molecule has 138 valence electrons. The first-order chi connectivity index (χ1) is 13.1. The number of piperazine rings is 1. The number of halogens is 2. The summed E-state index contributed by atoms with van der Waals surface area (Å²) in [7, 11) is 0. The van der Waals surface area contributed by atoms with Gasteiger partial charge in [-0.3, -0.25) is 9.36 Å². The zero-order valence-corrected chi connectivity index (χ0v) is 14.3. The lowest BCUT2D eigenvalue weighted by Crippen LogP contribution is -2.49. The highest BCUT2D eigenvalue weighted by molar-refractivity contribution is 5.94. The first kappa shape index (κ1) is 17.1. The van der Waals surface area contributed by atoms with E-state index in [1.807, 2.05) is 11.0 Å². The van der Waals surface area contributed by atoms with E-state index < -0.39 is 17.5 Å². The summed E-state index contributed by atoms with van der Waals surface area (Å²) < 4.78 is 28.7. The molecule has 1 amide bonds. The van der Waals surface area contributed by atoms with Gasteiger partial charge in [-0.05, 0) is 12.1 Å². The number of nitrogens with zero attached hydrogens (tertiary/aromatic N) is 6. The van der Waals surface area contributed by atoms with E-state index in [9.17, 15) is 13.6 Å². The van der Waals surface area contributed by atoms with Gasteiger partial charge in [0.15, 0.2) is 0 Å². The first-order valence-electron chi connectivity index (χ1n) is 8.41. The second-order valence-electron chi connectivity index (χ2n) is 6.11. The van der Waals surface area contributed by atoms with Crippen LogP contribution in [0.25, 0.3) is 5.82 Å². The third kappa shape index (κ3) is 3.48. The van der Waals surface area contributed by atoms with Gasteiger partial charge in [0.2, 0.25) is 0 Å². The molecule has 0 N–H and O–H groups in total. The predicted octanol–water partition coefficient (Wildman–Crippen LogP) is 1.90. The molecule has 7 nitrogen and oxygen atoms in total. The lowest BCUT2D eigenvalue weighted by atomic mass is 10.1. The van der Waals surface area contributed by atoms with Crippen LogP contribution in [0.3, 0.4) is 0 Å². The van der Waals surface area contributed by atoms with Crippen molar-refractivity contribution in [2.45, 2.75) is 0 Å². The molecule has 9 heteroatoms. The molecule has 0 unspecified atom stereocenters. The van der Waals surface area contributed by atoms with Crippen LogP contribution in [0.5, 0.6) is 0 Å². The molecule has 0 atom stereocenters. The largest absolute Gasteiger partial charge is 0.353 e. The molecule has 1 aliphatic rings. The van der Waals surface area contributed by atoms with E-state index in [1.54, 1.807) is 28.2 Å². The van der Waals surface area contributed by atoms with Crippen LogP contribution in [0.4, 0.5) is 14.6 Å². The van der Waals surface area contributed by atoms with Gasteiger partial charge in [0.05, 0.1) is 5.56 Å². The van der Waals surface area contributed by atoms with Crippen molar-refractivity contribution in [2.24, 2.45) is 0 Å². The smallest absolute Gasteiger partial charge is 0.256 e. The highest BCUT2D eigenvalue weighted by atomic mass is 19.1. The van der Waals surface area contributed by atoms with Crippen LogP contribution in [0.1, 0.15) is 10.4 Å². The molecule has 1 fully saturated rings. The Morgan fingerprint density at radius 1 is 1.00 bits per heavy atom. The molecule has 2 aromatic heterocycles. The highest BCUT2D eigenvalue weighted by Crippen LogP contribution is 2.18. The van der Waals surface area contributed by atoms with E-state index in [1.165, 1.54) is 12.4 Å². The molecule has 27 heavy (non-hydrogen) atoms. The maximum absolute atomic E-state index is 13.9. The van der Waals surface area contributed by atoms with Crippen molar-refractivity contribution in [3.05, 3.63) is 66.5 Å². The van der Waals surface area contributed by atoms with Gasteiger partial charge in [-0.2, -0.15) is 0 Å². The number of aromatic nitrogens is 4. The van der Waals surface area contributed by atoms with Crippen LogP contribution in [0.15, 0.2) is 49.3 Å². The van der Waals surface area contributed by atoms with Crippen molar-refractivity contribution in [3.8, 4) is 5.82 Å². The molecule has 0 saturated carbocycles. The van der Waals surface area contributed by atoms with Crippen LogP contribution < -0.4 is 4.90 Å². The topological polar surface area (TPSA) is 67.2 Å². The Hall–Kier alpha value is -3.36. The summed E-state index contributed by atoms with van der Waals surface area (Å²) in [4.78, 5) is 28.6. The monoisotopic (exact) mass is 370 g/mol. The van der Waals surface area contributed by atoms with Gasteiger partial charge in [0, 0.05) is 50.7 Å². The Kier molecular flexibility index (Phi) is 4.49. The number of amides is 1. The molecule has 0 spiro atoms. The fourth-order valence-electron chi connectivity index (χ4n) is 3.02. The number of rotatable bonds is 3. The van der Waals surface area contributed by atoms with Gasteiger partial charge < -0.3 is 9.80 Å². The molecule has 4 rings (SSSR count). The van der Waals surface area contributed by atoms with E-state index >= 15 is 0 Å². The van der Waals surface area contributed by atoms with E-state index in [2.05, 4.69) is 15.0 Å². The van der Waals surface area contributed by atoms with Crippen LogP contribution in [0.2, 0.25) is 0 Å².